The van der Waals surface area contributed by atoms with Gasteiger partial charge in [-0.3, -0.25) is 19.2 Å². The van der Waals surface area contributed by atoms with Gasteiger partial charge in [-0.1, -0.05) is 0 Å². The van der Waals surface area contributed by atoms with Gasteiger partial charge < -0.3 is 29.4 Å². The van der Waals surface area contributed by atoms with E-state index in [0.717, 1.165) is 6.34 Å². The molecule has 0 bridgehead atoms. The fourth-order valence-electron chi connectivity index (χ4n) is 2.66. The van der Waals surface area contributed by atoms with Crippen LogP contribution < -0.4 is 0 Å². The second kappa shape index (κ2) is 8.39. The van der Waals surface area contributed by atoms with E-state index in [1.165, 1.54) is 11.2 Å². The van der Waals surface area contributed by atoms with E-state index in [2.05, 4.69) is 28.1 Å². The molecule has 168 valence electrons. The zero-order valence-corrected chi connectivity index (χ0v) is 17.2. The first kappa shape index (κ1) is 23.5. The highest BCUT2D eigenvalue weighted by atomic mass is 31.3. The molecule has 0 aromatic carbocycles. The van der Waals surface area contributed by atoms with E-state index in [0.29, 0.717) is 0 Å². The lowest BCUT2D eigenvalue weighted by molar-refractivity contribution is -0.117. The maximum absolute atomic E-state index is 11.7. The molecular formula is C10H15N4O13P3. The summed E-state index contributed by atoms with van der Waals surface area (Å²) in [7, 11) is -16.5. The summed E-state index contributed by atoms with van der Waals surface area (Å²) in [5.74, 6) is -0.331. The zero-order chi connectivity index (χ0) is 22.3. The lowest BCUT2D eigenvalue weighted by Gasteiger charge is -2.25. The molecule has 1 amide bonds. The lowest BCUT2D eigenvalue weighted by atomic mass is 10.2. The Labute approximate surface area is 167 Å². The molecule has 0 saturated carbocycles. The van der Waals surface area contributed by atoms with Crippen molar-refractivity contribution in [3.8, 4) is 0 Å². The van der Waals surface area contributed by atoms with Crippen molar-refractivity contribution < 1.29 is 61.1 Å². The van der Waals surface area contributed by atoms with Crippen LogP contribution in [0, 0.1) is 0 Å². The van der Waals surface area contributed by atoms with Crippen molar-refractivity contribution in [1.29, 1.82) is 0 Å². The maximum Gasteiger partial charge on any atom is 0.490 e. The lowest BCUT2D eigenvalue weighted by Crippen LogP contribution is -2.43. The van der Waals surface area contributed by atoms with Crippen molar-refractivity contribution in [1.82, 2.24) is 4.90 Å². The molecule has 6 unspecified atom stereocenters. The van der Waals surface area contributed by atoms with E-state index in [9.17, 15) is 28.5 Å². The largest absolute Gasteiger partial charge is 0.490 e. The number of hydrogen-bond donors (Lipinski definition) is 5. The van der Waals surface area contributed by atoms with E-state index in [4.69, 9.17) is 19.4 Å². The average Bonchev–Trinajstić information content (AvgIpc) is 3.14. The molecule has 3 aliphatic rings. The summed E-state index contributed by atoms with van der Waals surface area (Å²) in [5.41, 5.74) is 0. The Morgan fingerprint density at radius 2 is 1.87 bits per heavy atom. The number of carbonyl (C=O) groups is 1. The summed E-state index contributed by atoms with van der Waals surface area (Å²) in [6.45, 7) is -0.817. The number of rotatable bonds is 8. The Hall–Kier alpha value is -1.19. The van der Waals surface area contributed by atoms with Crippen LogP contribution in [-0.2, 0) is 36.4 Å². The van der Waals surface area contributed by atoms with Gasteiger partial charge in [-0.05, 0) is 0 Å². The average molecular weight is 492 g/mol. The smallest absolute Gasteiger partial charge is 0.390 e. The minimum Gasteiger partial charge on any atom is -0.390 e. The van der Waals surface area contributed by atoms with E-state index in [1.807, 2.05) is 0 Å². The van der Waals surface area contributed by atoms with Gasteiger partial charge in [0.15, 0.2) is 6.04 Å². The van der Waals surface area contributed by atoms with Crippen LogP contribution in [0.15, 0.2) is 15.0 Å². The molecule has 3 rings (SSSR count). The van der Waals surface area contributed by atoms with Gasteiger partial charge in [-0.25, -0.2) is 18.7 Å². The van der Waals surface area contributed by atoms with Crippen LogP contribution in [0.1, 0.15) is 6.42 Å². The third kappa shape index (κ3) is 5.73. The van der Waals surface area contributed by atoms with Gasteiger partial charge in [0.2, 0.25) is 0 Å². The predicted molar refractivity (Wildman–Crippen MR) is 94.2 cm³/mol. The van der Waals surface area contributed by atoms with E-state index >= 15 is 0 Å². The minimum absolute atomic E-state index is 0.0481. The number of amides is 1. The Balaban J connectivity index is 1.57. The molecule has 0 aromatic rings. The van der Waals surface area contributed by atoms with Crippen molar-refractivity contribution in [2.75, 3.05) is 6.61 Å². The molecule has 20 heteroatoms. The van der Waals surface area contributed by atoms with E-state index in [-0.39, 0.29) is 12.3 Å². The number of phosphoric acid groups is 3. The topological polar surface area (TPSA) is 247 Å². The predicted octanol–water partition coefficient (Wildman–Crippen LogP) is -1.51. The fraction of sp³-hybridized carbons (Fsp3) is 0.600. The standard InChI is InChI=1S/C10H15N4O13P3/c15-5-1-7(14-4-13-8-9(14)11-3-12-10(8)16)25-6(5)2-24-29(20,21)27-30(22,23)26-28(17,18)19/h3-8,15H,1-2H2,(H,20,21)(H,22,23)(H2,17,18,19). The highest BCUT2D eigenvalue weighted by molar-refractivity contribution is 7.66. The van der Waals surface area contributed by atoms with Gasteiger partial charge in [0.25, 0.3) is 5.91 Å². The number of aliphatic imine (C=N–C) groups is 3. The van der Waals surface area contributed by atoms with Crippen LogP contribution in [0.25, 0.3) is 0 Å². The quantitative estimate of drug-likeness (QED) is 0.242. The number of hydrogen-bond acceptors (Lipinski definition) is 12. The molecule has 30 heavy (non-hydrogen) atoms. The van der Waals surface area contributed by atoms with E-state index < -0.39 is 60.5 Å². The van der Waals surface area contributed by atoms with Crippen LogP contribution in [-0.4, -0.2) is 85.1 Å². The summed E-state index contributed by atoms with van der Waals surface area (Å²) >= 11 is 0. The molecule has 0 aromatic heterocycles. The molecule has 5 N–H and O–H groups in total. The number of carbonyl (C=O) groups excluding carboxylic acids is 1. The molecule has 1 saturated heterocycles. The molecule has 0 aliphatic carbocycles. The molecule has 3 aliphatic heterocycles. The second-order valence-corrected chi connectivity index (χ2v) is 10.4. The van der Waals surface area contributed by atoms with Gasteiger partial charge in [-0.2, -0.15) is 13.6 Å². The number of fused-ring (bicyclic) bond motifs is 1. The van der Waals surface area contributed by atoms with Crippen LogP contribution in [0.4, 0.5) is 0 Å². The summed E-state index contributed by atoms with van der Waals surface area (Å²) in [4.78, 5) is 59.9. The normalized spacial score (nSPS) is 32.6. The first-order valence-electron chi connectivity index (χ1n) is 7.84. The van der Waals surface area contributed by atoms with Crippen LogP contribution in [0.5, 0.6) is 0 Å². The molecule has 1 fully saturated rings. The third-order valence-corrected chi connectivity index (χ3v) is 7.59. The Bertz CT molecular complexity index is 945. The van der Waals surface area contributed by atoms with Crippen molar-refractivity contribution >= 4 is 47.9 Å². The molecule has 0 radical (unpaired) electrons. The van der Waals surface area contributed by atoms with Crippen molar-refractivity contribution in [3.63, 3.8) is 0 Å². The van der Waals surface area contributed by atoms with Crippen molar-refractivity contribution in [2.45, 2.75) is 30.9 Å². The third-order valence-electron chi connectivity index (χ3n) is 3.79. The summed E-state index contributed by atoms with van der Waals surface area (Å²) < 4.78 is 50.7. The van der Waals surface area contributed by atoms with Gasteiger partial charge in [0.05, 0.1) is 19.0 Å². The number of ether oxygens (including phenoxy) is 1. The summed E-state index contributed by atoms with van der Waals surface area (Å²) in [5, 5.41) is 10.1. The van der Waals surface area contributed by atoms with Gasteiger partial charge in [0.1, 0.15) is 24.5 Å². The van der Waals surface area contributed by atoms with Gasteiger partial charge in [-0.15, -0.1) is 0 Å². The molecule has 3 heterocycles. The van der Waals surface area contributed by atoms with Crippen molar-refractivity contribution in [3.05, 3.63) is 0 Å². The molecule has 17 nitrogen and oxygen atoms in total. The Kier molecular flexibility index (Phi) is 6.56. The molecule has 0 spiro atoms. The van der Waals surface area contributed by atoms with Gasteiger partial charge >= 0.3 is 23.5 Å². The Morgan fingerprint density at radius 3 is 2.53 bits per heavy atom. The molecule has 6 atom stereocenters. The van der Waals surface area contributed by atoms with Crippen LogP contribution in [0.3, 0.4) is 0 Å². The second-order valence-electron chi connectivity index (χ2n) is 5.96. The maximum atomic E-state index is 11.7. The SMILES string of the molecule is O=C1N=CN=C2C1N=CN2C1CC(O)C(COP(=O)(O)OP(=O)(O)OP(=O)(O)O)O1. The molecular weight excluding hydrogens is 477 g/mol. The number of amidine groups is 1. The minimum atomic E-state index is -5.65. The van der Waals surface area contributed by atoms with Gasteiger partial charge in [0, 0.05) is 6.42 Å². The van der Waals surface area contributed by atoms with E-state index in [1.54, 1.807) is 0 Å². The van der Waals surface area contributed by atoms with Crippen molar-refractivity contribution in [2.24, 2.45) is 15.0 Å². The fourth-order valence-corrected chi connectivity index (χ4v) is 5.69. The highest BCUT2D eigenvalue weighted by Crippen LogP contribution is 2.66. The first-order valence-corrected chi connectivity index (χ1v) is 12.4. The monoisotopic (exact) mass is 492 g/mol. The number of aliphatic hydroxyl groups excluding tert-OH is 1. The van der Waals surface area contributed by atoms with Crippen LogP contribution in [0.2, 0.25) is 0 Å². The highest BCUT2D eigenvalue weighted by Gasteiger charge is 2.45. The van der Waals surface area contributed by atoms with Crippen LogP contribution >= 0.6 is 23.5 Å². The Morgan fingerprint density at radius 1 is 1.17 bits per heavy atom. The number of phosphoric ester groups is 1. The first-order chi connectivity index (χ1) is 13.8. The number of nitrogens with zero attached hydrogens (tertiary/aromatic N) is 4. The summed E-state index contributed by atoms with van der Waals surface area (Å²) in [6, 6.07) is -0.940. The number of aliphatic hydroxyl groups is 1. The summed E-state index contributed by atoms with van der Waals surface area (Å²) in [6.07, 6.45) is -1.08. The zero-order valence-electron chi connectivity index (χ0n) is 14.5.